The lowest BCUT2D eigenvalue weighted by Gasteiger charge is -1.87. The van der Waals surface area contributed by atoms with Crippen molar-refractivity contribution >= 4 is 17.8 Å². The first kappa shape index (κ1) is 10.9. The minimum absolute atomic E-state index is 0.264. The van der Waals surface area contributed by atoms with Gasteiger partial charge in [0.2, 0.25) is 5.91 Å². The van der Waals surface area contributed by atoms with Crippen LogP contribution in [0.15, 0.2) is 12.3 Å². The zero-order chi connectivity index (χ0) is 11.4. The van der Waals surface area contributed by atoms with Crippen LogP contribution in [0.25, 0.3) is 6.08 Å². The second-order valence-corrected chi connectivity index (χ2v) is 2.76. The van der Waals surface area contributed by atoms with Crippen molar-refractivity contribution in [2.45, 2.75) is 13.5 Å². The highest BCUT2D eigenvalue weighted by Gasteiger charge is 2.17. The Labute approximate surface area is 85.3 Å². The normalized spacial score (nSPS) is 10.7. The van der Waals surface area contributed by atoms with Gasteiger partial charge in [0.25, 0.3) is 0 Å². The number of aryl methyl sites for hydroxylation is 1. The van der Waals surface area contributed by atoms with Crippen LogP contribution in [0.4, 0.5) is 5.82 Å². The van der Waals surface area contributed by atoms with Crippen molar-refractivity contribution in [1.29, 1.82) is 0 Å². The van der Waals surface area contributed by atoms with Gasteiger partial charge in [-0.2, -0.15) is 4.68 Å². The van der Waals surface area contributed by atoms with E-state index >= 15 is 0 Å². The first-order valence-electron chi connectivity index (χ1n) is 4.24. The number of rotatable bonds is 4. The van der Waals surface area contributed by atoms with Gasteiger partial charge in [-0.3, -0.25) is 4.79 Å². The first-order valence-corrected chi connectivity index (χ1v) is 4.24. The minimum atomic E-state index is -0.659. The maximum Gasteiger partial charge on any atom is 0.397 e. The number of amides is 1. The van der Waals surface area contributed by atoms with Crippen molar-refractivity contribution in [3.05, 3.63) is 28.0 Å². The molecule has 7 nitrogen and oxygen atoms in total. The second kappa shape index (κ2) is 4.36. The molecule has 7 heteroatoms. The molecule has 1 heterocycles. The molecule has 0 saturated carbocycles. The van der Waals surface area contributed by atoms with E-state index in [4.69, 9.17) is 5.73 Å². The van der Waals surface area contributed by atoms with Gasteiger partial charge in [-0.15, -0.1) is 0 Å². The molecule has 0 aliphatic rings. The van der Waals surface area contributed by atoms with Crippen molar-refractivity contribution in [3.63, 3.8) is 0 Å². The van der Waals surface area contributed by atoms with E-state index in [0.717, 1.165) is 6.08 Å². The first-order chi connectivity index (χ1) is 7.04. The molecule has 0 bridgehead atoms. The van der Waals surface area contributed by atoms with E-state index in [1.165, 1.54) is 17.0 Å². The lowest BCUT2D eigenvalue weighted by Crippen LogP contribution is -2.05. The van der Waals surface area contributed by atoms with E-state index < -0.39 is 10.8 Å². The Morgan fingerprint density at radius 1 is 1.80 bits per heavy atom. The summed E-state index contributed by atoms with van der Waals surface area (Å²) in [6.07, 6.45) is 3.82. The Kier molecular flexibility index (Phi) is 3.17. The maximum absolute atomic E-state index is 10.6. The Balaban J connectivity index is 3.09. The molecule has 0 aliphatic carbocycles. The highest BCUT2D eigenvalue weighted by Crippen LogP contribution is 2.17. The van der Waals surface area contributed by atoms with Gasteiger partial charge in [-0.05, 0) is 17.9 Å². The molecule has 15 heavy (non-hydrogen) atoms. The van der Waals surface area contributed by atoms with E-state index in [0.29, 0.717) is 6.54 Å². The summed E-state index contributed by atoms with van der Waals surface area (Å²) < 4.78 is 1.42. The number of carbonyl (C=O) groups is 1. The molecule has 1 aromatic heterocycles. The van der Waals surface area contributed by atoms with Crippen molar-refractivity contribution in [3.8, 4) is 0 Å². The molecular formula is C8H10N4O3. The summed E-state index contributed by atoms with van der Waals surface area (Å²) in [5.41, 5.74) is 5.15. The molecule has 2 N–H and O–H groups in total. The summed E-state index contributed by atoms with van der Waals surface area (Å²) in [4.78, 5) is 20.4. The molecule has 0 atom stereocenters. The van der Waals surface area contributed by atoms with E-state index in [-0.39, 0.29) is 11.4 Å². The van der Waals surface area contributed by atoms with E-state index in [1.54, 1.807) is 6.92 Å². The number of primary amides is 1. The summed E-state index contributed by atoms with van der Waals surface area (Å²) >= 11 is 0. The van der Waals surface area contributed by atoms with Crippen LogP contribution in [0, 0.1) is 10.1 Å². The zero-order valence-electron chi connectivity index (χ0n) is 8.08. The van der Waals surface area contributed by atoms with Crippen molar-refractivity contribution < 1.29 is 9.72 Å². The summed E-state index contributed by atoms with van der Waals surface area (Å²) in [5.74, 6) is -0.942. The van der Waals surface area contributed by atoms with Crippen LogP contribution >= 0.6 is 0 Å². The molecule has 1 amide bonds. The van der Waals surface area contributed by atoms with Crippen LogP contribution in [0.5, 0.6) is 0 Å². The lowest BCUT2D eigenvalue weighted by molar-refractivity contribution is -0.390. The third-order valence-corrected chi connectivity index (χ3v) is 1.69. The fraction of sp³-hybridized carbons (Fsp3) is 0.250. The molecule has 0 spiro atoms. The van der Waals surface area contributed by atoms with E-state index in [1.807, 2.05) is 0 Å². The third kappa shape index (κ3) is 2.63. The van der Waals surface area contributed by atoms with Gasteiger partial charge in [0.15, 0.2) is 0 Å². The van der Waals surface area contributed by atoms with Gasteiger partial charge < -0.3 is 15.8 Å². The topological polar surface area (TPSA) is 104 Å². The second-order valence-electron chi connectivity index (χ2n) is 2.76. The number of carbonyl (C=O) groups excluding carboxylic acids is 1. The number of hydrogen-bond donors (Lipinski definition) is 1. The average Bonchev–Trinajstić information content (AvgIpc) is 2.57. The average molecular weight is 210 g/mol. The largest absolute Gasteiger partial charge is 0.397 e. The monoisotopic (exact) mass is 210 g/mol. The Morgan fingerprint density at radius 3 is 2.93 bits per heavy atom. The quantitative estimate of drug-likeness (QED) is 0.438. The minimum Gasteiger partial charge on any atom is -0.366 e. The van der Waals surface area contributed by atoms with Crippen molar-refractivity contribution in [2.24, 2.45) is 5.73 Å². The summed E-state index contributed by atoms with van der Waals surface area (Å²) in [6.45, 7) is 2.32. The molecule has 0 aromatic carbocycles. The van der Waals surface area contributed by atoms with Crippen LogP contribution < -0.4 is 5.73 Å². The number of nitrogens with two attached hydrogens (primary N) is 1. The number of nitrogens with zero attached hydrogens (tertiary/aromatic N) is 3. The Morgan fingerprint density at radius 2 is 2.47 bits per heavy atom. The number of aromatic nitrogens is 2. The van der Waals surface area contributed by atoms with Crippen molar-refractivity contribution in [2.75, 3.05) is 0 Å². The fourth-order valence-corrected chi connectivity index (χ4v) is 1.02. The predicted octanol–water partition coefficient (Wildman–Crippen LogP) is 0.310. The van der Waals surface area contributed by atoms with E-state index in [2.05, 4.69) is 5.10 Å². The summed E-state index contributed by atoms with van der Waals surface area (Å²) in [7, 11) is 0. The molecule has 0 unspecified atom stereocenters. The summed E-state index contributed by atoms with van der Waals surface area (Å²) in [5, 5.41) is 14.3. The molecule has 0 saturated heterocycles. The Hall–Kier alpha value is -2.18. The number of nitro groups is 1. The summed E-state index contributed by atoms with van der Waals surface area (Å²) in [6, 6.07) is 0. The van der Waals surface area contributed by atoms with Gasteiger partial charge in [0.1, 0.15) is 0 Å². The maximum atomic E-state index is 10.6. The van der Waals surface area contributed by atoms with Crippen LogP contribution in [0.1, 0.15) is 12.5 Å². The van der Waals surface area contributed by atoms with E-state index in [9.17, 15) is 14.9 Å². The van der Waals surface area contributed by atoms with Gasteiger partial charge in [-0.1, -0.05) is 0 Å². The molecule has 0 radical (unpaired) electrons. The van der Waals surface area contributed by atoms with Crippen LogP contribution in [0.3, 0.4) is 0 Å². The smallest absolute Gasteiger partial charge is 0.366 e. The van der Waals surface area contributed by atoms with Crippen LogP contribution in [-0.2, 0) is 11.3 Å². The number of hydrogen-bond acceptors (Lipinski definition) is 4. The Bertz CT molecular complexity index is 422. The molecule has 0 aliphatic heterocycles. The van der Waals surface area contributed by atoms with Gasteiger partial charge in [0, 0.05) is 6.08 Å². The van der Waals surface area contributed by atoms with Gasteiger partial charge in [-0.25, -0.2) is 0 Å². The highest BCUT2D eigenvalue weighted by atomic mass is 16.6. The molecule has 1 aromatic rings. The lowest BCUT2D eigenvalue weighted by atomic mass is 10.3. The molecular weight excluding hydrogens is 200 g/mol. The van der Waals surface area contributed by atoms with Gasteiger partial charge >= 0.3 is 5.82 Å². The molecule has 80 valence electrons. The third-order valence-electron chi connectivity index (χ3n) is 1.69. The zero-order valence-corrected chi connectivity index (χ0v) is 8.08. The van der Waals surface area contributed by atoms with Crippen LogP contribution in [0.2, 0.25) is 0 Å². The predicted molar refractivity (Wildman–Crippen MR) is 52.8 cm³/mol. The molecule has 0 fully saturated rings. The van der Waals surface area contributed by atoms with Crippen molar-refractivity contribution in [1.82, 2.24) is 9.78 Å². The standard InChI is InChI=1S/C8H10N4O3/c1-2-11-5-6(3-4-7(9)13)8(10-11)12(14)15/h3-5H,2H2,1H3,(H2,9,13). The SMILES string of the molecule is CCn1cc(C=CC(N)=O)c([N+](=O)[O-])n1. The van der Waals surface area contributed by atoms with Crippen LogP contribution in [-0.4, -0.2) is 20.6 Å². The highest BCUT2D eigenvalue weighted by molar-refractivity contribution is 5.90. The fourth-order valence-electron chi connectivity index (χ4n) is 1.02. The van der Waals surface area contributed by atoms with Gasteiger partial charge in [0.05, 0.1) is 23.4 Å². The molecule has 1 rings (SSSR count).